The first kappa shape index (κ1) is 15.5. The molecule has 0 bridgehead atoms. The van der Waals surface area contributed by atoms with Crippen LogP contribution >= 0.6 is 0 Å². The van der Waals surface area contributed by atoms with Crippen molar-refractivity contribution >= 4 is 27.7 Å². The van der Waals surface area contributed by atoms with Crippen LogP contribution in [0.2, 0.25) is 0 Å². The Morgan fingerprint density at radius 2 is 1.81 bits per heavy atom. The molecule has 5 heteroatoms. The number of aromatic amines is 2. The van der Waals surface area contributed by atoms with Crippen LogP contribution in [0, 0.1) is 0 Å². The largest absolute Gasteiger partial charge is 0.353 e. The van der Waals surface area contributed by atoms with Crippen LogP contribution in [-0.2, 0) is 6.42 Å². The Balaban J connectivity index is 1.49. The molecule has 2 N–H and O–H groups in total. The molecule has 27 heavy (non-hydrogen) atoms. The van der Waals surface area contributed by atoms with Crippen molar-refractivity contribution in [3.63, 3.8) is 0 Å². The third-order valence-corrected chi connectivity index (χ3v) is 4.72. The summed E-state index contributed by atoms with van der Waals surface area (Å²) in [6.07, 6.45) is 2.14. The molecule has 0 radical (unpaired) electrons. The second-order valence-electron chi connectivity index (χ2n) is 6.54. The standard InChI is InChI=1S/C22H16N4O/c27-20(15-5-2-1-3-6-15)12-14-8-9-16-13-19(24-18(16)11-14)22-21-17(25-26-22)7-4-10-23-21/h1-11,13,24H,12H2,(H,25,26). The molecule has 0 spiro atoms. The van der Waals surface area contributed by atoms with Gasteiger partial charge in [0.2, 0.25) is 0 Å². The Kier molecular flexibility index (Phi) is 3.57. The van der Waals surface area contributed by atoms with E-state index >= 15 is 0 Å². The van der Waals surface area contributed by atoms with Gasteiger partial charge in [-0.3, -0.25) is 14.9 Å². The molecule has 0 aliphatic heterocycles. The topological polar surface area (TPSA) is 74.4 Å². The van der Waals surface area contributed by atoms with Gasteiger partial charge in [-0.05, 0) is 29.8 Å². The number of rotatable bonds is 4. The summed E-state index contributed by atoms with van der Waals surface area (Å²) in [5, 5.41) is 8.48. The van der Waals surface area contributed by atoms with E-state index in [2.05, 4.69) is 26.2 Å². The van der Waals surface area contributed by atoms with Gasteiger partial charge in [0.25, 0.3) is 0 Å². The van der Waals surface area contributed by atoms with E-state index in [-0.39, 0.29) is 5.78 Å². The molecule has 3 aromatic heterocycles. The number of aromatic nitrogens is 4. The molecule has 0 aliphatic rings. The highest BCUT2D eigenvalue weighted by Crippen LogP contribution is 2.28. The van der Waals surface area contributed by atoms with E-state index in [1.165, 1.54) is 0 Å². The quantitative estimate of drug-likeness (QED) is 0.467. The molecule has 5 nitrogen and oxygen atoms in total. The van der Waals surface area contributed by atoms with Gasteiger partial charge in [-0.1, -0.05) is 42.5 Å². The van der Waals surface area contributed by atoms with Crippen LogP contribution in [0.5, 0.6) is 0 Å². The molecule has 0 amide bonds. The van der Waals surface area contributed by atoms with Crippen molar-refractivity contribution in [1.82, 2.24) is 20.2 Å². The molecule has 0 saturated heterocycles. The third-order valence-electron chi connectivity index (χ3n) is 4.72. The molecule has 2 aromatic carbocycles. The molecule has 5 aromatic rings. The molecular weight excluding hydrogens is 336 g/mol. The second-order valence-corrected chi connectivity index (χ2v) is 6.54. The molecule has 3 heterocycles. The number of H-pyrrole nitrogens is 2. The van der Waals surface area contributed by atoms with Gasteiger partial charge in [0.1, 0.15) is 11.2 Å². The number of nitrogens with one attached hydrogen (secondary N) is 2. The third kappa shape index (κ3) is 2.79. The van der Waals surface area contributed by atoms with Crippen molar-refractivity contribution in [2.45, 2.75) is 6.42 Å². The van der Waals surface area contributed by atoms with E-state index in [1.807, 2.05) is 60.7 Å². The van der Waals surface area contributed by atoms with Crippen molar-refractivity contribution in [3.05, 3.63) is 84.1 Å². The van der Waals surface area contributed by atoms with Gasteiger partial charge in [0.15, 0.2) is 5.78 Å². The van der Waals surface area contributed by atoms with Crippen molar-refractivity contribution in [1.29, 1.82) is 0 Å². The van der Waals surface area contributed by atoms with E-state index in [4.69, 9.17) is 0 Å². The van der Waals surface area contributed by atoms with E-state index in [1.54, 1.807) is 6.20 Å². The number of nitrogens with zero attached hydrogens (tertiary/aromatic N) is 2. The summed E-state index contributed by atoms with van der Waals surface area (Å²) in [5.41, 5.74) is 6.14. The summed E-state index contributed by atoms with van der Waals surface area (Å²) in [5.74, 6) is 0.115. The van der Waals surface area contributed by atoms with E-state index in [0.29, 0.717) is 6.42 Å². The van der Waals surface area contributed by atoms with Gasteiger partial charge in [-0.2, -0.15) is 5.10 Å². The number of benzene rings is 2. The molecule has 0 aliphatic carbocycles. The van der Waals surface area contributed by atoms with Crippen LogP contribution < -0.4 is 0 Å². The monoisotopic (exact) mass is 352 g/mol. The molecule has 5 rings (SSSR count). The first-order valence-corrected chi connectivity index (χ1v) is 8.77. The van der Waals surface area contributed by atoms with Crippen molar-refractivity contribution in [2.24, 2.45) is 0 Å². The van der Waals surface area contributed by atoms with Crippen LogP contribution in [0.3, 0.4) is 0 Å². The van der Waals surface area contributed by atoms with Gasteiger partial charge in [0.05, 0.1) is 11.2 Å². The molecule has 0 saturated carbocycles. The average molecular weight is 352 g/mol. The zero-order valence-electron chi connectivity index (χ0n) is 14.4. The van der Waals surface area contributed by atoms with Gasteiger partial charge in [-0.15, -0.1) is 0 Å². The number of ketones is 1. The maximum absolute atomic E-state index is 12.5. The van der Waals surface area contributed by atoms with Gasteiger partial charge in [0, 0.05) is 29.1 Å². The molecule has 130 valence electrons. The number of hydrogen-bond donors (Lipinski definition) is 2. The predicted octanol–water partition coefficient (Wildman–Crippen LogP) is 4.53. The molecule has 0 unspecified atom stereocenters. The summed E-state index contributed by atoms with van der Waals surface area (Å²) < 4.78 is 0. The fraction of sp³-hybridized carbons (Fsp3) is 0.0455. The fourth-order valence-corrected chi connectivity index (χ4v) is 3.36. The van der Waals surface area contributed by atoms with Crippen LogP contribution in [0.1, 0.15) is 15.9 Å². The second kappa shape index (κ2) is 6.21. The SMILES string of the molecule is O=C(Cc1ccc2cc(-c3n[nH]c4cccnc34)[nH]c2c1)c1ccccc1. The Morgan fingerprint density at radius 1 is 0.926 bits per heavy atom. The van der Waals surface area contributed by atoms with Gasteiger partial charge < -0.3 is 4.98 Å². The minimum absolute atomic E-state index is 0.115. The Labute approximate surface area is 155 Å². The summed E-state index contributed by atoms with van der Waals surface area (Å²) in [4.78, 5) is 20.3. The lowest BCUT2D eigenvalue weighted by atomic mass is 10.0. The van der Waals surface area contributed by atoms with Crippen LogP contribution in [0.25, 0.3) is 33.3 Å². The summed E-state index contributed by atoms with van der Waals surface area (Å²) >= 11 is 0. The van der Waals surface area contributed by atoms with Crippen molar-refractivity contribution in [3.8, 4) is 11.4 Å². The number of hydrogen-bond acceptors (Lipinski definition) is 3. The van der Waals surface area contributed by atoms with Crippen LogP contribution in [0.4, 0.5) is 0 Å². The number of carbonyl (C=O) groups excluding carboxylic acids is 1. The highest BCUT2D eigenvalue weighted by atomic mass is 16.1. The Morgan fingerprint density at radius 3 is 2.70 bits per heavy atom. The number of carbonyl (C=O) groups is 1. The highest BCUT2D eigenvalue weighted by molar-refractivity contribution is 5.98. The van der Waals surface area contributed by atoms with Gasteiger partial charge in [-0.25, -0.2) is 0 Å². The molecule has 0 atom stereocenters. The first-order valence-electron chi connectivity index (χ1n) is 8.77. The van der Waals surface area contributed by atoms with E-state index in [9.17, 15) is 4.79 Å². The summed E-state index contributed by atoms with van der Waals surface area (Å²) in [7, 11) is 0. The smallest absolute Gasteiger partial charge is 0.167 e. The minimum atomic E-state index is 0.115. The normalized spacial score (nSPS) is 11.3. The summed E-state index contributed by atoms with van der Waals surface area (Å²) in [6.45, 7) is 0. The van der Waals surface area contributed by atoms with Crippen LogP contribution in [0.15, 0.2) is 72.9 Å². The summed E-state index contributed by atoms with van der Waals surface area (Å²) in [6, 6.07) is 21.3. The minimum Gasteiger partial charge on any atom is -0.353 e. The average Bonchev–Trinajstić information content (AvgIpc) is 3.32. The van der Waals surface area contributed by atoms with Gasteiger partial charge >= 0.3 is 0 Å². The zero-order valence-corrected chi connectivity index (χ0v) is 14.4. The molecular formula is C22H16N4O. The fourth-order valence-electron chi connectivity index (χ4n) is 3.36. The van der Waals surface area contributed by atoms with E-state index < -0.39 is 0 Å². The van der Waals surface area contributed by atoms with Crippen molar-refractivity contribution in [2.75, 3.05) is 0 Å². The van der Waals surface area contributed by atoms with Crippen LogP contribution in [-0.4, -0.2) is 25.9 Å². The lowest BCUT2D eigenvalue weighted by molar-refractivity contribution is 0.0993. The first-order chi connectivity index (χ1) is 13.3. The van der Waals surface area contributed by atoms with Crippen molar-refractivity contribution < 1.29 is 4.79 Å². The number of Topliss-reactive ketones (excluding diaryl/α,β-unsaturated/α-hetero) is 1. The number of fused-ring (bicyclic) bond motifs is 2. The maximum atomic E-state index is 12.5. The molecule has 0 fully saturated rings. The Bertz CT molecular complexity index is 1270. The highest BCUT2D eigenvalue weighted by Gasteiger charge is 2.13. The number of pyridine rings is 1. The Hall–Kier alpha value is -3.73. The zero-order chi connectivity index (χ0) is 18.2. The maximum Gasteiger partial charge on any atom is 0.167 e. The van der Waals surface area contributed by atoms with E-state index in [0.717, 1.165) is 44.5 Å². The lowest BCUT2D eigenvalue weighted by Crippen LogP contribution is -2.02. The lowest BCUT2D eigenvalue weighted by Gasteiger charge is -2.02. The predicted molar refractivity (Wildman–Crippen MR) is 106 cm³/mol.